The van der Waals surface area contributed by atoms with Crippen molar-refractivity contribution in [2.75, 3.05) is 20.3 Å². The molecule has 0 bridgehead atoms. The number of methoxy groups -OCH3 is 1. The van der Waals surface area contributed by atoms with Crippen molar-refractivity contribution in [1.29, 1.82) is 0 Å². The molecule has 7 heteroatoms. The highest BCUT2D eigenvalue weighted by Crippen LogP contribution is 2.28. The van der Waals surface area contributed by atoms with Crippen molar-refractivity contribution in [3.05, 3.63) is 29.3 Å². The number of benzene rings is 1. The van der Waals surface area contributed by atoms with E-state index in [9.17, 15) is 13.2 Å². The fourth-order valence-corrected chi connectivity index (χ4v) is 2.87. The Hall–Kier alpha value is -1.44. The minimum Gasteiger partial charge on any atom is -0.383 e. The van der Waals surface area contributed by atoms with E-state index in [4.69, 9.17) is 9.88 Å². The summed E-state index contributed by atoms with van der Waals surface area (Å²) in [6, 6.07) is 4.71. The normalized spacial score (nSPS) is 15.0. The molecule has 1 aliphatic rings. The lowest BCUT2D eigenvalue weighted by atomic mass is 10.1. The lowest BCUT2D eigenvalue weighted by Gasteiger charge is -2.22. The first-order valence-electron chi connectivity index (χ1n) is 6.77. The smallest absolute Gasteiger partial charge is 0.254 e. The molecule has 1 fully saturated rings. The van der Waals surface area contributed by atoms with Crippen LogP contribution in [0, 0.1) is 6.92 Å². The van der Waals surface area contributed by atoms with Crippen molar-refractivity contribution in [2.45, 2.75) is 30.7 Å². The molecule has 6 nitrogen and oxygen atoms in total. The van der Waals surface area contributed by atoms with E-state index in [1.165, 1.54) is 12.1 Å². The lowest BCUT2D eigenvalue weighted by molar-refractivity contribution is 0.0680. The molecule has 1 aliphatic carbocycles. The van der Waals surface area contributed by atoms with Crippen LogP contribution >= 0.6 is 0 Å². The first kappa shape index (κ1) is 15.9. The number of primary sulfonamides is 1. The summed E-state index contributed by atoms with van der Waals surface area (Å²) in [6.07, 6.45) is 1.95. The fourth-order valence-electron chi connectivity index (χ4n) is 2.23. The van der Waals surface area contributed by atoms with Crippen LogP contribution in [0.3, 0.4) is 0 Å². The van der Waals surface area contributed by atoms with E-state index in [1.54, 1.807) is 25.0 Å². The summed E-state index contributed by atoms with van der Waals surface area (Å²) in [5.41, 5.74) is 1.04. The zero-order chi connectivity index (χ0) is 15.6. The summed E-state index contributed by atoms with van der Waals surface area (Å²) in [5, 5.41) is 5.15. The molecule has 0 atom stereocenters. The van der Waals surface area contributed by atoms with Gasteiger partial charge in [-0.1, -0.05) is 0 Å². The van der Waals surface area contributed by atoms with Gasteiger partial charge in [0.05, 0.1) is 11.5 Å². The molecule has 0 saturated heterocycles. The predicted molar refractivity (Wildman–Crippen MR) is 78.5 cm³/mol. The Balaban J connectivity index is 2.31. The number of hydrogen-bond acceptors (Lipinski definition) is 4. The van der Waals surface area contributed by atoms with E-state index >= 15 is 0 Å². The topological polar surface area (TPSA) is 89.7 Å². The second kappa shape index (κ2) is 6.13. The number of rotatable bonds is 6. The minimum absolute atomic E-state index is 0.0339. The number of carbonyl (C=O) groups excluding carboxylic acids is 1. The number of sulfonamides is 1. The minimum atomic E-state index is -3.82. The predicted octanol–water partition coefficient (Wildman–Crippen LogP) is 0.893. The van der Waals surface area contributed by atoms with Gasteiger partial charge < -0.3 is 9.64 Å². The molecule has 0 unspecified atom stereocenters. The van der Waals surface area contributed by atoms with Gasteiger partial charge in [-0.25, -0.2) is 13.6 Å². The SMILES string of the molecule is COCCN(C(=O)c1cc(C)cc(S(N)(=O)=O)c1)C1CC1. The molecule has 2 N–H and O–H groups in total. The first-order chi connectivity index (χ1) is 9.82. The maximum Gasteiger partial charge on any atom is 0.254 e. The molecule has 116 valence electrons. The lowest BCUT2D eigenvalue weighted by Crippen LogP contribution is -2.36. The maximum absolute atomic E-state index is 12.6. The molecule has 0 heterocycles. The van der Waals surface area contributed by atoms with Crippen LogP contribution in [0.15, 0.2) is 23.1 Å². The van der Waals surface area contributed by atoms with Crippen LogP contribution in [0.5, 0.6) is 0 Å². The summed E-state index contributed by atoms with van der Waals surface area (Å²) < 4.78 is 28.0. The fraction of sp³-hybridized carbons (Fsp3) is 0.500. The van der Waals surface area contributed by atoms with Gasteiger partial charge in [0.1, 0.15) is 0 Å². The summed E-state index contributed by atoms with van der Waals surface area (Å²) >= 11 is 0. The Morgan fingerprint density at radius 1 is 1.38 bits per heavy atom. The quantitative estimate of drug-likeness (QED) is 0.845. The number of aryl methyl sites for hydroxylation is 1. The van der Waals surface area contributed by atoms with Gasteiger partial charge in [0, 0.05) is 25.3 Å². The Morgan fingerprint density at radius 3 is 2.57 bits per heavy atom. The van der Waals surface area contributed by atoms with Crippen LogP contribution in [0.2, 0.25) is 0 Å². The molecule has 0 spiro atoms. The van der Waals surface area contributed by atoms with E-state index in [1.807, 2.05) is 0 Å². The number of carbonyl (C=O) groups is 1. The van der Waals surface area contributed by atoms with Crippen molar-refractivity contribution in [1.82, 2.24) is 4.90 Å². The van der Waals surface area contributed by atoms with Crippen molar-refractivity contribution in [3.8, 4) is 0 Å². The van der Waals surface area contributed by atoms with Crippen LogP contribution < -0.4 is 5.14 Å². The van der Waals surface area contributed by atoms with E-state index in [-0.39, 0.29) is 16.8 Å². The molecule has 21 heavy (non-hydrogen) atoms. The van der Waals surface area contributed by atoms with Gasteiger partial charge in [-0.15, -0.1) is 0 Å². The van der Waals surface area contributed by atoms with Gasteiger partial charge >= 0.3 is 0 Å². The Labute approximate surface area is 124 Å². The molecule has 1 saturated carbocycles. The molecule has 0 aromatic heterocycles. The Bertz CT molecular complexity index is 638. The molecule has 2 rings (SSSR count). The zero-order valence-corrected chi connectivity index (χ0v) is 13.0. The number of nitrogens with two attached hydrogens (primary N) is 1. The van der Waals surface area contributed by atoms with Crippen LogP contribution in [0.1, 0.15) is 28.8 Å². The van der Waals surface area contributed by atoms with Gasteiger partial charge in [0.2, 0.25) is 10.0 Å². The summed E-state index contributed by atoms with van der Waals surface area (Å²) in [6.45, 7) is 2.69. The molecule has 0 radical (unpaired) electrons. The van der Waals surface area contributed by atoms with Gasteiger partial charge in [-0.3, -0.25) is 4.79 Å². The van der Waals surface area contributed by atoms with Gasteiger partial charge in [-0.2, -0.15) is 0 Å². The van der Waals surface area contributed by atoms with Crippen LogP contribution in [0.4, 0.5) is 0 Å². The summed E-state index contributed by atoms with van der Waals surface area (Å²) in [5.74, 6) is -0.178. The van der Waals surface area contributed by atoms with Crippen LogP contribution in [0.25, 0.3) is 0 Å². The van der Waals surface area contributed by atoms with Gasteiger partial charge in [-0.05, 0) is 43.5 Å². The Kier molecular flexibility index (Phi) is 4.65. The van der Waals surface area contributed by atoms with Gasteiger partial charge in [0.25, 0.3) is 5.91 Å². The first-order valence-corrected chi connectivity index (χ1v) is 8.32. The van der Waals surface area contributed by atoms with Crippen molar-refractivity contribution < 1.29 is 17.9 Å². The van der Waals surface area contributed by atoms with E-state index in [0.29, 0.717) is 24.3 Å². The molecule has 1 amide bonds. The average molecular weight is 312 g/mol. The number of nitrogens with zero attached hydrogens (tertiary/aromatic N) is 1. The second-order valence-electron chi connectivity index (χ2n) is 5.30. The maximum atomic E-state index is 12.6. The largest absolute Gasteiger partial charge is 0.383 e. The summed E-state index contributed by atoms with van der Waals surface area (Å²) in [4.78, 5) is 14.3. The van der Waals surface area contributed by atoms with Crippen LogP contribution in [-0.4, -0.2) is 45.5 Å². The van der Waals surface area contributed by atoms with E-state index < -0.39 is 10.0 Å². The van der Waals surface area contributed by atoms with Crippen molar-refractivity contribution in [2.24, 2.45) is 5.14 Å². The number of ether oxygens (including phenoxy) is 1. The van der Waals surface area contributed by atoms with Crippen LogP contribution in [-0.2, 0) is 14.8 Å². The highest BCUT2D eigenvalue weighted by molar-refractivity contribution is 7.89. The second-order valence-corrected chi connectivity index (χ2v) is 6.86. The standard InChI is InChI=1S/C14H20N2O4S/c1-10-7-11(9-13(8-10)21(15,18)19)14(17)16(5-6-20-2)12-3-4-12/h7-9,12H,3-6H2,1-2H3,(H2,15,18,19). The van der Waals surface area contributed by atoms with Crippen molar-refractivity contribution >= 4 is 15.9 Å². The molecular weight excluding hydrogens is 292 g/mol. The van der Waals surface area contributed by atoms with Gasteiger partial charge in [0.15, 0.2) is 0 Å². The average Bonchev–Trinajstić information content (AvgIpc) is 3.22. The third-order valence-corrected chi connectivity index (χ3v) is 4.30. The monoisotopic (exact) mass is 312 g/mol. The molecular formula is C14H20N2O4S. The highest BCUT2D eigenvalue weighted by atomic mass is 32.2. The van der Waals surface area contributed by atoms with E-state index in [2.05, 4.69) is 0 Å². The Morgan fingerprint density at radius 2 is 2.05 bits per heavy atom. The number of amides is 1. The number of hydrogen-bond donors (Lipinski definition) is 1. The highest BCUT2D eigenvalue weighted by Gasteiger charge is 2.33. The molecule has 1 aromatic rings. The molecule has 0 aliphatic heterocycles. The van der Waals surface area contributed by atoms with E-state index in [0.717, 1.165) is 12.8 Å². The molecule has 1 aromatic carbocycles. The summed E-state index contributed by atoms with van der Waals surface area (Å²) in [7, 11) is -2.24. The van der Waals surface area contributed by atoms with Crippen molar-refractivity contribution in [3.63, 3.8) is 0 Å². The zero-order valence-electron chi connectivity index (χ0n) is 12.2. The third kappa shape index (κ3) is 4.03. The third-order valence-electron chi connectivity index (χ3n) is 3.41.